The smallest absolute Gasteiger partial charge is 0.232 e. The largest absolute Gasteiger partial charge is 0.471 e. The van der Waals surface area contributed by atoms with Crippen LogP contribution in [0.5, 0.6) is 5.88 Å². The SMILES string of the molecule is O=C(Cc1ccccc1Cl)N1CCCC(Oc2cnccn2)C1. The van der Waals surface area contributed by atoms with Crippen LogP contribution in [0.25, 0.3) is 0 Å². The summed E-state index contributed by atoms with van der Waals surface area (Å²) in [4.78, 5) is 22.4. The summed E-state index contributed by atoms with van der Waals surface area (Å²) in [6.45, 7) is 1.32. The van der Waals surface area contributed by atoms with Crippen molar-refractivity contribution in [2.45, 2.75) is 25.4 Å². The lowest BCUT2D eigenvalue weighted by molar-refractivity contribution is -0.133. The fraction of sp³-hybridized carbons (Fsp3) is 0.353. The van der Waals surface area contributed by atoms with Gasteiger partial charge in [0.1, 0.15) is 6.10 Å². The second-order valence-corrected chi connectivity index (χ2v) is 5.94. The average Bonchev–Trinajstić information content (AvgIpc) is 2.58. The van der Waals surface area contributed by atoms with Crippen molar-refractivity contribution < 1.29 is 9.53 Å². The lowest BCUT2D eigenvalue weighted by atomic mass is 10.1. The van der Waals surface area contributed by atoms with Crippen LogP contribution in [-0.4, -0.2) is 40.0 Å². The molecular formula is C17H18ClN3O2. The summed E-state index contributed by atoms with van der Waals surface area (Å²) in [5, 5.41) is 0.630. The second-order valence-electron chi connectivity index (χ2n) is 5.53. The molecular weight excluding hydrogens is 314 g/mol. The number of carbonyl (C=O) groups is 1. The number of aromatic nitrogens is 2. The quantitative estimate of drug-likeness (QED) is 0.864. The Kier molecular flexibility index (Phi) is 5.08. The van der Waals surface area contributed by atoms with E-state index in [-0.39, 0.29) is 12.0 Å². The van der Waals surface area contributed by atoms with Crippen LogP contribution < -0.4 is 4.74 Å². The zero-order valence-electron chi connectivity index (χ0n) is 12.7. The molecule has 5 nitrogen and oxygen atoms in total. The van der Waals surface area contributed by atoms with Gasteiger partial charge in [-0.25, -0.2) is 4.98 Å². The van der Waals surface area contributed by atoms with Crippen LogP contribution in [0.3, 0.4) is 0 Å². The van der Waals surface area contributed by atoms with E-state index in [1.165, 1.54) is 0 Å². The van der Waals surface area contributed by atoms with Crippen LogP contribution >= 0.6 is 11.6 Å². The van der Waals surface area contributed by atoms with E-state index < -0.39 is 0 Å². The van der Waals surface area contributed by atoms with E-state index in [1.807, 2.05) is 23.1 Å². The molecule has 0 saturated carbocycles. The van der Waals surface area contributed by atoms with Gasteiger partial charge in [0, 0.05) is 24.0 Å². The van der Waals surface area contributed by atoms with Gasteiger partial charge >= 0.3 is 0 Å². The van der Waals surface area contributed by atoms with Crippen molar-refractivity contribution in [2.24, 2.45) is 0 Å². The van der Waals surface area contributed by atoms with E-state index in [4.69, 9.17) is 16.3 Å². The topological polar surface area (TPSA) is 55.3 Å². The molecule has 1 saturated heterocycles. The number of benzene rings is 1. The predicted octanol–water partition coefficient (Wildman–Crippen LogP) is 2.74. The van der Waals surface area contributed by atoms with Crippen molar-refractivity contribution in [3.8, 4) is 5.88 Å². The highest BCUT2D eigenvalue weighted by atomic mass is 35.5. The van der Waals surface area contributed by atoms with Gasteiger partial charge in [-0.1, -0.05) is 29.8 Å². The molecule has 0 spiro atoms. The molecule has 2 aromatic rings. The van der Waals surface area contributed by atoms with E-state index in [0.717, 1.165) is 24.9 Å². The summed E-state index contributed by atoms with van der Waals surface area (Å²) >= 11 is 6.13. The Bertz CT molecular complexity index is 666. The third kappa shape index (κ3) is 4.20. The number of halogens is 1. The minimum absolute atomic E-state index is 0.0457. The molecule has 1 aromatic heterocycles. The summed E-state index contributed by atoms with van der Waals surface area (Å²) < 4.78 is 5.82. The third-order valence-corrected chi connectivity index (χ3v) is 4.23. The second kappa shape index (κ2) is 7.42. The van der Waals surface area contributed by atoms with E-state index >= 15 is 0 Å². The third-order valence-electron chi connectivity index (χ3n) is 3.86. The summed E-state index contributed by atoms with van der Waals surface area (Å²) in [7, 11) is 0. The minimum Gasteiger partial charge on any atom is -0.471 e. The zero-order valence-corrected chi connectivity index (χ0v) is 13.4. The molecule has 0 radical (unpaired) electrons. The van der Waals surface area contributed by atoms with Crippen LogP contribution in [0.1, 0.15) is 18.4 Å². The molecule has 1 aromatic carbocycles. The maximum absolute atomic E-state index is 12.5. The highest BCUT2D eigenvalue weighted by Gasteiger charge is 2.25. The number of nitrogens with zero attached hydrogens (tertiary/aromatic N) is 3. The molecule has 0 N–H and O–H groups in total. The Morgan fingerprint density at radius 3 is 3.00 bits per heavy atom. The number of likely N-dealkylation sites (tertiary alicyclic amines) is 1. The number of amides is 1. The lowest BCUT2D eigenvalue weighted by Gasteiger charge is -2.32. The summed E-state index contributed by atoms with van der Waals surface area (Å²) in [5.74, 6) is 0.573. The summed E-state index contributed by atoms with van der Waals surface area (Å²) in [5.41, 5.74) is 0.858. The first-order chi connectivity index (χ1) is 11.2. The van der Waals surface area contributed by atoms with Crippen LogP contribution in [0.4, 0.5) is 0 Å². The molecule has 1 atom stereocenters. The summed E-state index contributed by atoms with van der Waals surface area (Å²) in [6.07, 6.45) is 6.88. The van der Waals surface area contributed by atoms with Gasteiger partial charge in [-0.2, -0.15) is 0 Å². The maximum Gasteiger partial charge on any atom is 0.232 e. The fourth-order valence-electron chi connectivity index (χ4n) is 2.69. The van der Waals surface area contributed by atoms with Crippen LogP contribution in [0.2, 0.25) is 5.02 Å². The number of piperidine rings is 1. The molecule has 0 bridgehead atoms. The summed E-state index contributed by atoms with van der Waals surface area (Å²) in [6, 6.07) is 7.45. The fourth-order valence-corrected chi connectivity index (χ4v) is 2.90. The van der Waals surface area contributed by atoms with Crippen molar-refractivity contribution in [1.29, 1.82) is 0 Å². The van der Waals surface area contributed by atoms with Gasteiger partial charge in [0.05, 0.1) is 19.2 Å². The molecule has 23 heavy (non-hydrogen) atoms. The van der Waals surface area contributed by atoms with E-state index in [2.05, 4.69) is 9.97 Å². The molecule has 0 aliphatic carbocycles. The Morgan fingerprint density at radius 2 is 2.22 bits per heavy atom. The van der Waals surface area contributed by atoms with E-state index in [0.29, 0.717) is 23.9 Å². The molecule has 1 fully saturated rings. The van der Waals surface area contributed by atoms with Gasteiger partial charge in [0.25, 0.3) is 0 Å². The highest BCUT2D eigenvalue weighted by molar-refractivity contribution is 6.31. The molecule has 1 amide bonds. The normalized spacial score (nSPS) is 17.8. The predicted molar refractivity (Wildman–Crippen MR) is 87.4 cm³/mol. The zero-order chi connectivity index (χ0) is 16.1. The van der Waals surface area contributed by atoms with Gasteiger partial charge in [-0.15, -0.1) is 0 Å². The van der Waals surface area contributed by atoms with Crippen molar-refractivity contribution in [3.05, 3.63) is 53.4 Å². The van der Waals surface area contributed by atoms with Gasteiger partial charge in [-0.05, 0) is 24.5 Å². The van der Waals surface area contributed by atoms with Crippen LogP contribution in [-0.2, 0) is 11.2 Å². The lowest BCUT2D eigenvalue weighted by Crippen LogP contribution is -2.45. The first-order valence-electron chi connectivity index (χ1n) is 7.66. The molecule has 2 heterocycles. The standard InChI is InChI=1S/C17H18ClN3O2/c18-15-6-2-1-4-13(15)10-17(22)21-9-3-5-14(12-21)23-16-11-19-7-8-20-16/h1-2,4,6-8,11,14H,3,5,9-10,12H2. The van der Waals surface area contributed by atoms with Gasteiger partial charge in [0.15, 0.2) is 0 Å². The van der Waals surface area contributed by atoms with Crippen LogP contribution in [0, 0.1) is 0 Å². The Balaban J connectivity index is 1.59. The molecule has 3 rings (SSSR count). The van der Waals surface area contributed by atoms with E-state index in [1.54, 1.807) is 24.7 Å². The molecule has 120 valence electrons. The molecule has 1 unspecified atom stereocenters. The van der Waals surface area contributed by atoms with Gasteiger partial charge < -0.3 is 9.64 Å². The van der Waals surface area contributed by atoms with Crippen molar-refractivity contribution in [2.75, 3.05) is 13.1 Å². The van der Waals surface area contributed by atoms with Gasteiger partial charge in [-0.3, -0.25) is 9.78 Å². The molecule has 1 aliphatic rings. The number of carbonyl (C=O) groups excluding carboxylic acids is 1. The van der Waals surface area contributed by atoms with Crippen molar-refractivity contribution in [1.82, 2.24) is 14.9 Å². The Morgan fingerprint density at radius 1 is 1.35 bits per heavy atom. The number of hydrogen-bond donors (Lipinski definition) is 0. The number of ether oxygens (including phenoxy) is 1. The van der Waals surface area contributed by atoms with Crippen molar-refractivity contribution in [3.63, 3.8) is 0 Å². The van der Waals surface area contributed by atoms with Gasteiger partial charge in [0.2, 0.25) is 11.8 Å². The minimum atomic E-state index is -0.0457. The van der Waals surface area contributed by atoms with E-state index in [9.17, 15) is 4.79 Å². The number of hydrogen-bond acceptors (Lipinski definition) is 4. The first kappa shape index (κ1) is 15.7. The molecule has 6 heteroatoms. The highest BCUT2D eigenvalue weighted by Crippen LogP contribution is 2.19. The maximum atomic E-state index is 12.5. The average molecular weight is 332 g/mol. The Hall–Kier alpha value is -2.14. The Labute approximate surface area is 140 Å². The van der Waals surface area contributed by atoms with Crippen LogP contribution in [0.15, 0.2) is 42.9 Å². The van der Waals surface area contributed by atoms with Crippen molar-refractivity contribution >= 4 is 17.5 Å². The molecule has 1 aliphatic heterocycles. The first-order valence-corrected chi connectivity index (χ1v) is 8.04. The number of rotatable bonds is 4. The monoisotopic (exact) mass is 331 g/mol.